The lowest BCUT2D eigenvalue weighted by Gasteiger charge is -2.07. The molecule has 3 rings (SSSR count). The number of nitrogens with zero attached hydrogens (tertiary/aromatic N) is 4. The highest BCUT2D eigenvalue weighted by molar-refractivity contribution is 7.99. The Morgan fingerprint density at radius 1 is 1.30 bits per heavy atom. The zero-order valence-corrected chi connectivity index (χ0v) is 16.7. The maximum Gasteiger partial charge on any atom is 0.294 e. The second-order valence-electron chi connectivity index (χ2n) is 5.77. The molecule has 0 aliphatic heterocycles. The van der Waals surface area contributed by atoms with Gasteiger partial charge in [0.2, 0.25) is 11.1 Å². The van der Waals surface area contributed by atoms with Crippen LogP contribution in [0, 0.1) is 15.9 Å². The van der Waals surface area contributed by atoms with Gasteiger partial charge in [-0.1, -0.05) is 23.4 Å². The van der Waals surface area contributed by atoms with Crippen LogP contribution in [0.4, 0.5) is 15.8 Å². The number of aromatic nitrogens is 3. The number of benzene rings is 2. The summed E-state index contributed by atoms with van der Waals surface area (Å²) in [7, 11) is 0. The largest absolute Gasteiger partial charge is 0.486 e. The third kappa shape index (κ3) is 5.36. The van der Waals surface area contributed by atoms with Crippen molar-refractivity contribution in [1.29, 1.82) is 0 Å². The van der Waals surface area contributed by atoms with Crippen LogP contribution in [0.5, 0.6) is 5.75 Å². The van der Waals surface area contributed by atoms with Gasteiger partial charge in [-0.2, -0.15) is 0 Å². The summed E-state index contributed by atoms with van der Waals surface area (Å²) in [5, 5.41) is 21.7. The van der Waals surface area contributed by atoms with Crippen molar-refractivity contribution < 1.29 is 18.8 Å². The number of rotatable bonds is 8. The van der Waals surface area contributed by atoms with E-state index < -0.39 is 10.8 Å². The molecule has 1 aromatic heterocycles. The summed E-state index contributed by atoms with van der Waals surface area (Å²) in [5.74, 6) is 5.62. The van der Waals surface area contributed by atoms with Crippen molar-refractivity contribution in [2.75, 3.05) is 16.9 Å². The maximum atomic E-state index is 12.9. The van der Waals surface area contributed by atoms with Crippen LogP contribution >= 0.6 is 23.4 Å². The number of nitrogen functional groups attached to an aromatic ring is 1. The molecule has 1 heterocycles. The summed E-state index contributed by atoms with van der Waals surface area (Å²) < 4.78 is 19.5. The molecule has 3 N–H and O–H groups in total. The van der Waals surface area contributed by atoms with E-state index in [1.807, 2.05) is 0 Å². The van der Waals surface area contributed by atoms with Crippen molar-refractivity contribution in [3.63, 3.8) is 0 Å². The third-order valence-corrected chi connectivity index (χ3v) is 4.86. The molecule has 0 radical (unpaired) electrons. The lowest BCUT2D eigenvalue weighted by atomic mass is 10.2. The van der Waals surface area contributed by atoms with Gasteiger partial charge in [-0.15, -0.1) is 10.2 Å². The highest BCUT2D eigenvalue weighted by Gasteiger charge is 2.18. The molecular formula is C17H14ClFN6O4S. The molecule has 0 saturated carbocycles. The number of hydrogen-bond acceptors (Lipinski definition) is 8. The molecule has 1 amide bonds. The molecule has 30 heavy (non-hydrogen) atoms. The Balaban J connectivity index is 1.57. The zero-order chi connectivity index (χ0) is 21.7. The topological polar surface area (TPSA) is 138 Å². The van der Waals surface area contributed by atoms with Gasteiger partial charge in [0, 0.05) is 11.1 Å². The van der Waals surface area contributed by atoms with Crippen LogP contribution in [0.3, 0.4) is 0 Å². The average Bonchev–Trinajstić information content (AvgIpc) is 3.07. The molecule has 2 aromatic carbocycles. The van der Waals surface area contributed by atoms with Crippen LogP contribution in [0.2, 0.25) is 5.02 Å². The number of nitrogens with one attached hydrogen (secondary N) is 1. The maximum absolute atomic E-state index is 12.9. The highest BCUT2D eigenvalue weighted by atomic mass is 35.5. The van der Waals surface area contributed by atoms with E-state index in [1.54, 1.807) is 0 Å². The quantitative estimate of drug-likeness (QED) is 0.230. The van der Waals surface area contributed by atoms with Gasteiger partial charge in [-0.05, 0) is 36.4 Å². The Hall–Kier alpha value is -3.38. The van der Waals surface area contributed by atoms with E-state index in [2.05, 4.69) is 15.5 Å². The summed E-state index contributed by atoms with van der Waals surface area (Å²) in [6.07, 6.45) is 0. The van der Waals surface area contributed by atoms with Gasteiger partial charge >= 0.3 is 0 Å². The molecule has 0 saturated heterocycles. The summed E-state index contributed by atoms with van der Waals surface area (Å²) >= 11 is 6.74. The molecule has 0 aliphatic carbocycles. The van der Waals surface area contributed by atoms with E-state index in [-0.39, 0.29) is 45.6 Å². The molecule has 0 spiro atoms. The minimum atomic E-state index is -0.640. The summed E-state index contributed by atoms with van der Waals surface area (Å²) in [4.78, 5) is 22.6. The minimum absolute atomic E-state index is 0.0150. The zero-order valence-electron chi connectivity index (χ0n) is 15.1. The van der Waals surface area contributed by atoms with E-state index >= 15 is 0 Å². The van der Waals surface area contributed by atoms with Crippen LogP contribution in [-0.4, -0.2) is 31.5 Å². The van der Waals surface area contributed by atoms with Crippen molar-refractivity contribution in [2.45, 2.75) is 11.8 Å². The molecular weight excluding hydrogens is 439 g/mol. The molecule has 156 valence electrons. The second-order valence-corrected chi connectivity index (χ2v) is 7.15. The normalized spacial score (nSPS) is 10.6. The number of carbonyl (C=O) groups excluding carboxylic acids is 1. The standard InChI is InChI=1S/C17H14ClFN6O4S/c18-10-1-6-13(14(7-10)25(27)28)21-16(26)9-30-17-23-22-15(24(17)20)8-29-12-4-2-11(19)3-5-12/h1-7H,8-9,20H2,(H,21,26). The fourth-order valence-corrected chi connectivity index (χ4v) is 3.10. The van der Waals surface area contributed by atoms with Gasteiger partial charge < -0.3 is 15.9 Å². The van der Waals surface area contributed by atoms with E-state index in [0.29, 0.717) is 5.75 Å². The first-order valence-electron chi connectivity index (χ1n) is 8.28. The SMILES string of the molecule is Nn1c(COc2ccc(F)cc2)nnc1SCC(=O)Nc1ccc(Cl)cc1[N+](=O)[O-]. The van der Waals surface area contributed by atoms with Crippen LogP contribution in [0.25, 0.3) is 0 Å². The lowest BCUT2D eigenvalue weighted by molar-refractivity contribution is -0.383. The Labute approximate surface area is 178 Å². The number of nitro groups is 1. The second kappa shape index (κ2) is 9.41. The van der Waals surface area contributed by atoms with Crippen molar-refractivity contribution in [1.82, 2.24) is 14.9 Å². The molecule has 3 aromatic rings. The lowest BCUT2D eigenvalue weighted by Crippen LogP contribution is -2.18. The Kier molecular flexibility index (Phi) is 6.69. The van der Waals surface area contributed by atoms with Crippen molar-refractivity contribution in [2.24, 2.45) is 0 Å². The van der Waals surface area contributed by atoms with Gasteiger partial charge in [0.15, 0.2) is 5.82 Å². The smallest absolute Gasteiger partial charge is 0.294 e. The Morgan fingerprint density at radius 2 is 2.03 bits per heavy atom. The predicted octanol–water partition coefficient (Wildman–Crippen LogP) is 3.00. The summed E-state index contributed by atoms with van der Waals surface area (Å²) in [6.45, 7) is -0.0150. The molecule has 0 aliphatic rings. The van der Waals surface area contributed by atoms with Crippen LogP contribution in [0.15, 0.2) is 47.6 Å². The number of halogens is 2. The van der Waals surface area contributed by atoms with Gasteiger partial charge in [0.25, 0.3) is 5.69 Å². The monoisotopic (exact) mass is 452 g/mol. The van der Waals surface area contributed by atoms with Gasteiger partial charge in [0.1, 0.15) is 23.9 Å². The minimum Gasteiger partial charge on any atom is -0.486 e. The molecule has 0 fully saturated rings. The van der Waals surface area contributed by atoms with Gasteiger partial charge in [0.05, 0.1) is 10.7 Å². The first-order valence-corrected chi connectivity index (χ1v) is 9.64. The number of ether oxygens (including phenoxy) is 1. The first kappa shape index (κ1) is 21.3. The molecule has 13 heteroatoms. The third-order valence-electron chi connectivity index (χ3n) is 3.68. The summed E-state index contributed by atoms with van der Waals surface area (Å²) in [6, 6.07) is 9.36. The van der Waals surface area contributed by atoms with E-state index in [1.165, 1.54) is 36.4 Å². The summed E-state index contributed by atoms with van der Waals surface area (Å²) in [5.41, 5.74) is -0.291. The number of hydrogen-bond donors (Lipinski definition) is 2. The number of amides is 1. The first-order chi connectivity index (χ1) is 14.3. The molecule has 10 nitrogen and oxygen atoms in total. The van der Waals surface area contributed by atoms with Crippen LogP contribution < -0.4 is 15.9 Å². The highest BCUT2D eigenvalue weighted by Crippen LogP contribution is 2.28. The fourth-order valence-electron chi connectivity index (χ4n) is 2.26. The number of carbonyl (C=O) groups is 1. The fraction of sp³-hybridized carbons (Fsp3) is 0.118. The Bertz CT molecular complexity index is 1080. The molecule has 0 atom stereocenters. The van der Waals surface area contributed by atoms with Crippen LogP contribution in [0.1, 0.15) is 5.82 Å². The number of thioether (sulfide) groups is 1. The van der Waals surface area contributed by atoms with Crippen molar-refractivity contribution in [3.8, 4) is 5.75 Å². The number of nitrogens with two attached hydrogens (primary N) is 1. The van der Waals surface area contributed by atoms with Crippen LogP contribution in [-0.2, 0) is 11.4 Å². The van der Waals surface area contributed by atoms with Crippen molar-refractivity contribution in [3.05, 3.63) is 69.2 Å². The van der Waals surface area contributed by atoms with Gasteiger partial charge in [-0.25, -0.2) is 9.07 Å². The molecule has 0 bridgehead atoms. The van der Waals surface area contributed by atoms with E-state index in [4.69, 9.17) is 22.2 Å². The van der Waals surface area contributed by atoms with E-state index in [0.717, 1.165) is 22.5 Å². The Morgan fingerprint density at radius 3 is 2.73 bits per heavy atom. The van der Waals surface area contributed by atoms with Crippen molar-refractivity contribution >= 4 is 40.6 Å². The molecule has 0 unspecified atom stereocenters. The number of anilines is 1. The number of nitro benzene ring substituents is 1. The average molecular weight is 453 g/mol. The predicted molar refractivity (Wildman–Crippen MR) is 108 cm³/mol. The van der Waals surface area contributed by atoms with Gasteiger partial charge in [-0.3, -0.25) is 14.9 Å². The van der Waals surface area contributed by atoms with E-state index in [9.17, 15) is 19.3 Å².